The minimum absolute atomic E-state index is 0.310. The van der Waals surface area contributed by atoms with Gasteiger partial charge in [-0.2, -0.15) is 0 Å². The molecule has 0 aliphatic carbocycles. The van der Waals surface area contributed by atoms with Crippen molar-refractivity contribution in [3.05, 3.63) is 12.1 Å². The molecule has 0 radical (unpaired) electrons. The molecule has 1 saturated heterocycles. The molecule has 102 valence electrons. The fourth-order valence-corrected chi connectivity index (χ4v) is 2.57. The Kier molecular flexibility index (Phi) is 3.06. The highest BCUT2D eigenvalue weighted by molar-refractivity contribution is 5.42. The molecule has 1 aliphatic heterocycles. The molecule has 2 aromatic rings. The van der Waals surface area contributed by atoms with Crippen molar-refractivity contribution in [2.75, 3.05) is 18.4 Å². The van der Waals surface area contributed by atoms with Crippen molar-refractivity contribution < 1.29 is 0 Å². The lowest BCUT2D eigenvalue weighted by atomic mass is 9.77. The Hall–Kier alpha value is -1.76. The number of piperidine rings is 1. The smallest absolute Gasteiger partial charge is 0.200 e. The Labute approximate surface area is 111 Å². The molecular weight excluding hydrogens is 242 g/mol. The first-order valence-corrected chi connectivity index (χ1v) is 6.68. The number of nitrogens with one attached hydrogen (secondary N) is 2. The Bertz CT molecular complexity index is 562. The Balaban J connectivity index is 1.67. The molecule has 7 nitrogen and oxygen atoms in total. The first-order valence-electron chi connectivity index (χ1n) is 6.68. The monoisotopic (exact) mass is 261 g/mol. The van der Waals surface area contributed by atoms with Gasteiger partial charge in [0, 0.05) is 12.6 Å². The van der Waals surface area contributed by atoms with Gasteiger partial charge in [-0.05, 0) is 47.4 Å². The summed E-state index contributed by atoms with van der Waals surface area (Å²) < 4.78 is 1.43. The quantitative estimate of drug-likeness (QED) is 0.847. The van der Waals surface area contributed by atoms with Gasteiger partial charge in [0.25, 0.3) is 0 Å². The summed E-state index contributed by atoms with van der Waals surface area (Å²) in [6.07, 6.45) is 2.50. The number of aromatic nitrogens is 5. The number of fused-ring (bicyclic) bond motifs is 1. The van der Waals surface area contributed by atoms with Crippen LogP contribution in [0, 0.1) is 5.41 Å². The van der Waals surface area contributed by atoms with Crippen LogP contribution < -0.4 is 10.6 Å². The third kappa shape index (κ3) is 2.51. The van der Waals surface area contributed by atoms with Crippen LogP contribution in [0.15, 0.2) is 12.1 Å². The third-order valence-electron chi connectivity index (χ3n) is 3.89. The molecule has 0 amide bonds. The third-order valence-corrected chi connectivity index (χ3v) is 3.89. The van der Waals surface area contributed by atoms with E-state index in [1.165, 1.54) is 17.5 Å². The van der Waals surface area contributed by atoms with E-state index in [2.05, 4.69) is 45.1 Å². The molecule has 1 unspecified atom stereocenters. The van der Waals surface area contributed by atoms with Crippen LogP contribution in [0.5, 0.6) is 0 Å². The highest BCUT2D eigenvalue weighted by Crippen LogP contribution is 2.29. The molecule has 2 aromatic heterocycles. The summed E-state index contributed by atoms with van der Waals surface area (Å²) in [5.74, 6) is 0.794. The van der Waals surface area contributed by atoms with Crippen LogP contribution in [-0.4, -0.2) is 44.4 Å². The molecule has 0 bridgehead atoms. The van der Waals surface area contributed by atoms with E-state index in [1.807, 2.05) is 12.1 Å². The number of hydrogen-bond acceptors (Lipinski definition) is 6. The summed E-state index contributed by atoms with van der Waals surface area (Å²) in [4.78, 5) is 0. The van der Waals surface area contributed by atoms with Gasteiger partial charge in [-0.25, -0.2) is 0 Å². The number of anilines is 1. The van der Waals surface area contributed by atoms with E-state index in [4.69, 9.17) is 0 Å². The number of hydrogen-bond donors (Lipinski definition) is 2. The predicted octanol–water partition coefficient (Wildman–Crippen LogP) is 0.709. The second kappa shape index (κ2) is 4.73. The maximum Gasteiger partial charge on any atom is 0.200 e. The molecule has 3 rings (SSSR count). The second-order valence-electron chi connectivity index (χ2n) is 5.72. The Morgan fingerprint density at radius 2 is 2.37 bits per heavy atom. The van der Waals surface area contributed by atoms with E-state index in [1.54, 1.807) is 0 Å². The van der Waals surface area contributed by atoms with E-state index >= 15 is 0 Å². The van der Waals surface area contributed by atoms with Gasteiger partial charge in [0.1, 0.15) is 5.82 Å². The van der Waals surface area contributed by atoms with Crippen LogP contribution in [0.2, 0.25) is 0 Å². The molecule has 1 fully saturated rings. The summed E-state index contributed by atoms with van der Waals surface area (Å²) in [5, 5.41) is 22.4. The van der Waals surface area contributed by atoms with Crippen LogP contribution >= 0.6 is 0 Å². The van der Waals surface area contributed by atoms with Gasteiger partial charge in [0.2, 0.25) is 0 Å². The zero-order valence-corrected chi connectivity index (χ0v) is 11.3. The zero-order valence-electron chi connectivity index (χ0n) is 11.3. The fourth-order valence-electron chi connectivity index (χ4n) is 2.57. The summed E-state index contributed by atoms with van der Waals surface area (Å²) in [5.41, 5.74) is 0.964. The lowest BCUT2D eigenvalue weighted by Gasteiger charge is -2.39. The standard InChI is InChI=1S/C12H19N7/c1-12(2)6-3-7-13-9(12)8-14-10-4-5-11-15-17-18-19(11)16-10/h4-5,9,13H,3,6-8H2,1-2H3,(H,14,16). The van der Waals surface area contributed by atoms with E-state index in [9.17, 15) is 0 Å². The van der Waals surface area contributed by atoms with E-state index in [-0.39, 0.29) is 0 Å². The van der Waals surface area contributed by atoms with Gasteiger partial charge in [-0.1, -0.05) is 13.8 Å². The zero-order chi connectivity index (χ0) is 13.3. The van der Waals surface area contributed by atoms with Crippen molar-refractivity contribution in [1.29, 1.82) is 0 Å². The average molecular weight is 261 g/mol. The highest BCUT2D eigenvalue weighted by atomic mass is 15.6. The number of rotatable bonds is 3. The second-order valence-corrected chi connectivity index (χ2v) is 5.72. The lowest BCUT2D eigenvalue weighted by Crippen LogP contribution is -2.50. The van der Waals surface area contributed by atoms with Crippen molar-refractivity contribution in [2.45, 2.75) is 32.7 Å². The molecule has 0 saturated carbocycles. The van der Waals surface area contributed by atoms with Crippen LogP contribution in [0.4, 0.5) is 5.82 Å². The van der Waals surface area contributed by atoms with Gasteiger partial charge in [-0.3, -0.25) is 0 Å². The minimum Gasteiger partial charge on any atom is -0.367 e. The molecule has 0 spiro atoms. The van der Waals surface area contributed by atoms with Gasteiger partial charge in [0.15, 0.2) is 5.65 Å². The summed E-state index contributed by atoms with van der Waals surface area (Å²) in [6.45, 7) is 6.57. The summed E-state index contributed by atoms with van der Waals surface area (Å²) >= 11 is 0. The fraction of sp³-hybridized carbons (Fsp3) is 0.667. The summed E-state index contributed by atoms with van der Waals surface area (Å²) in [7, 11) is 0. The van der Waals surface area contributed by atoms with Crippen LogP contribution in [0.1, 0.15) is 26.7 Å². The van der Waals surface area contributed by atoms with Gasteiger partial charge >= 0.3 is 0 Å². The van der Waals surface area contributed by atoms with Crippen molar-refractivity contribution in [3.63, 3.8) is 0 Å². The summed E-state index contributed by atoms with van der Waals surface area (Å²) in [6, 6.07) is 4.21. The predicted molar refractivity (Wildman–Crippen MR) is 71.9 cm³/mol. The average Bonchev–Trinajstić information content (AvgIpc) is 2.84. The number of tetrazole rings is 1. The highest BCUT2D eigenvalue weighted by Gasteiger charge is 2.31. The van der Waals surface area contributed by atoms with Gasteiger partial charge < -0.3 is 10.6 Å². The van der Waals surface area contributed by atoms with Crippen molar-refractivity contribution in [3.8, 4) is 0 Å². The van der Waals surface area contributed by atoms with Crippen molar-refractivity contribution in [2.24, 2.45) is 5.41 Å². The topological polar surface area (TPSA) is 80.0 Å². The van der Waals surface area contributed by atoms with E-state index < -0.39 is 0 Å². The van der Waals surface area contributed by atoms with Crippen LogP contribution in [0.3, 0.4) is 0 Å². The molecule has 2 N–H and O–H groups in total. The first kappa shape index (κ1) is 12.3. The maximum atomic E-state index is 4.31. The molecule has 19 heavy (non-hydrogen) atoms. The van der Waals surface area contributed by atoms with E-state index in [0.717, 1.165) is 18.9 Å². The molecular formula is C12H19N7. The van der Waals surface area contributed by atoms with Gasteiger partial charge in [0.05, 0.1) is 0 Å². The molecule has 1 atom stereocenters. The van der Waals surface area contributed by atoms with Crippen molar-refractivity contribution in [1.82, 2.24) is 30.6 Å². The Morgan fingerprint density at radius 1 is 1.47 bits per heavy atom. The van der Waals surface area contributed by atoms with E-state index in [0.29, 0.717) is 17.1 Å². The first-order chi connectivity index (χ1) is 9.15. The SMILES string of the molecule is CC1(C)CCCNC1CNc1ccc2nnnn2n1. The molecule has 7 heteroatoms. The van der Waals surface area contributed by atoms with Crippen LogP contribution in [0.25, 0.3) is 5.65 Å². The van der Waals surface area contributed by atoms with Crippen molar-refractivity contribution >= 4 is 11.5 Å². The van der Waals surface area contributed by atoms with Crippen LogP contribution in [-0.2, 0) is 0 Å². The number of nitrogens with zero attached hydrogens (tertiary/aromatic N) is 5. The normalized spacial score (nSPS) is 22.5. The Morgan fingerprint density at radius 3 is 3.21 bits per heavy atom. The minimum atomic E-state index is 0.310. The molecule has 3 heterocycles. The molecule has 0 aromatic carbocycles. The van der Waals surface area contributed by atoms with Gasteiger partial charge in [-0.15, -0.1) is 14.8 Å². The largest absolute Gasteiger partial charge is 0.367 e. The molecule has 1 aliphatic rings. The maximum absolute atomic E-state index is 4.31. The lowest BCUT2D eigenvalue weighted by molar-refractivity contribution is 0.188.